The van der Waals surface area contributed by atoms with Crippen LogP contribution < -0.4 is 10.2 Å². The van der Waals surface area contributed by atoms with E-state index in [9.17, 15) is 0 Å². The normalized spacial score (nSPS) is 9.95. The lowest BCUT2D eigenvalue weighted by molar-refractivity contribution is 0.773. The smallest absolute Gasteiger partial charge is 0.137 e. The van der Waals surface area contributed by atoms with E-state index in [2.05, 4.69) is 31.2 Å². The number of hydrogen-bond donors (Lipinski definition) is 1. The molecule has 0 aliphatic rings. The van der Waals surface area contributed by atoms with Crippen molar-refractivity contribution >= 4 is 11.6 Å². The maximum atomic E-state index is 8.86. The molecule has 2 rings (SSSR count). The van der Waals surface area contributed by atoms with Gasteiger partial charge in [-0.3, -0.25) is 4.98 Å². The van der Waals surface area contributed by atoms with Crippen LogP contribution in [0.3, 0.4) is 0 Å². The topological polar surface area (TPSA) is 77.7 Å². The second-order valence-corrected chi connectivity index (χ2v) is 4.61. The zero-order chi connectivity index (χ0) is 15.1. The highest BCUT2D eigenvalue weighted by molar-refractivity contribution is 5.57. The van der Waals surface area contributed by atoms with Crippen molar-refractivity contribution in [3.8, 4) is 6.07 Å². The molecule has 0 atom stereocenters. The Hall–Kier alpha value is -2.68. The monoisotopic (exact) mass is 282 g/mol. The van der Waals surface area contributed by atoms with Crippen LogP contribution >= 0.6 is 0 Å². The maximum absolute atomic E-state index is 8.86. The second-order valence-electron chi connectivity index (χ2n) is 4.61. The highest BCUT2D eigenvalue weighted by Gasteiger charge is 2.14. The summed E-state index contributed by atoms with van der Waals surface area (Å²) in [6.07, 6.45) is 5.56. The Morgan fingerprint density at radius 3 is 2.90 bits per heavy atom. The molecule has 0 spiro atoms. The van der Waals surface area contributed by atoms with Gasteiger partial charge < -0.3 is 10.2 Å². The minimum Gasteiger partial charge on any atom is -0.373 e. The molecule has 0 aliphatic heterocycles. The van der Waals surface area contributed by atoms with E-state index in [4.69, 9.17) is 5.26 Å². The lowest BCUT2D eigenvalue weighted by Gasteiger charge is -2.24. The van der Waals surface area contributed by atoms with Gasteiger partial charge in [0.05, 0.1) is 12.5 Å². The molecular weight excluding hydrogens is 264 g/mol. The van der Waals surface area contributed by atoms with E-state index < -0.39 is 0 Å². The predicted octanol–water partition coefficient (Wildman–Crippen LogP) is 2.14. The molecule has 0 fully saturated rings. The molecule has 6 heteroatoms. The van der Waals surface area contributed by atoms with E-state index in [1.807, 2.05) is 32.3 Å². The van der Waals surface area contributed by atoms with Crippen LogP contribution in [0.2, 0.25) is 0 Å². The Morgan fingerprint density at radius 2 is 2.24 bits per heavy atom. The first-order valence-electron chi connectivity index (χ1n) is 6.76. The van der Waals surface area contributed by atoms with Crippen LogP contribution in [0.4, 0.5) is 11.6 Å². The fraction of sp³-hybridized carbons (Fsp3) is 0.333. The average Bonchev–Trinajstić information content (AvgIpc) is 2.53. The van der Waals surface area contributed by atoms with Crippen molar-refractivity contribution in [2.75, 3.05) is 23.8 Å². The zero-order valence-electron chi connectivity index (χ0n) is 12.2. The van der Waals surface area contributed by atoms with Gasteiger partial charge in [0.15, 0.2) is 0 Å². The number of anilines is 2. The first-order valence-corrected chi connectivity index (χ1v) is 6.76. The first-order chi connectivity index (χ1) is 10.3. The van der Waals surface area contributed by atoms with Gasteiger partial charge in [0.2, 0.25) is 0 Å². The molecule has 0 radical (unpaired) electrons. The molecule has 0 unspecified atom stereocenters. The van der Waals surface area contributed by atoms with Gasteiger partial charge in [-0.1, -0.05) is 6.07 Å². The van der Waals surface area contributed by atoms with Crippen molar-refractivity contribution in [3.63, 3.8) is 0 Å². The minimum absolute atomic E-state index is 0.443. The number of aromatic nitrogens is 3. The van der Waals surface area contributed by atoms with Crippen LogP contribution in [-0.4, -0.2) is 28.5 Å². The van der Waals surface area contributed by atoms with E-state index in [0.29, 0.717) is 19.5 Å². The van der Waals surface area contributed by atoms with Gasteiger partial charge in [-0.2, -0.15) is 5.26 Å². The van der Waals surface area contributed by atoms with Crippen LogP contribution in [-0.2, 0) is 6.54 Å². The lowest BCUT2D eigenvalue weighted by Crippen LogP contribution is -2.26. The number of nitrogens with one attached hydrogen (secondary N) is 1. The predicted molar refractivity (Wildman–Crippen MR) is 81.8 cm³/mol. The molecule has 0 aromatic carbocycles. The largest absolute Gasteiger partial charge is 0.373 e. The van der Waals surface area contributed by atoms with Crippen LogP contribution in [0.5, 0.6) is 0 Å². The maximum Gasteiger partial charge on any atom is 0.137 e. The number of pyridine rings is 1. The third-order valence-corrected chi connectivity index (χ3v) is 3.18. The van der Waals surface area contributed by atoms with Crippen LogP contribution in [0, 0.1) is 18.3 Å². The molecule has 21 heavy (non-hydrogen) atoms. The molecule has 0 bridgehead atoms. The van der Waals surface area contributed by atoms with Crippen molar-refractivity contribution < 1.29 is 0 Å². The van der Waals surface area contributed by atoms with Gasteiger partial charge in [-0.05, 0) is 18.6 Å². The minimum atomic E-state index is 0.443. The number of nitrogens with zero attached hydrogens (tertiary/aromatic N) is 5. The molecule has 0 saturated carbocycles. The lowest BCUT2D eigenvalue weighted by atomic mass is 10.2. The van der Waals surface area contributed by atoms with Crippen LogP contribution in [0.15, 0.2) is 30.9 Å². The Balaban J connectivity index is 2.30. The molecule has 0 saturated heterocycles. The highest BCUT2D eigenvalue weighted by Crippen LogP contribution is 2.23. The van der Waals surface area contributed by atoms with Crippen LogP contribution in [0.25, 0.3) is 0 Å². The number of hydrogen-bond acceptors (Lipinski definition) is 6. The summed E-state index contributed by atoms with van der Waals surface area (Å²) in [7, 11) is 1.83. The molecule has 2 aromatic rings. The number of nitriles is 1. The standard InChI is InChI=1S/C15H18N6/c1-12-14(17-2)19-11-20-15(12)21(8-4-6-16)10-13-5-3-7-18-9-13/h3,5,7,9,11H,4,8,10H2,1-2H3,(H,17,19,20). The third-order valence-electron chi connectivity index (χ3n) is 3.18. The van der Waals surface area contributed by atoms with Gasteiger partial charge in [0.25, 0.3) is 0 Å². The summed E-state index contributed by atoms with van der Waals surface area (Å²) in [4.78, 5) is 14.8. The van der Waals surface area contributed by atoms with Crippen molar-refractivity contribution in [2.45, 2.75) is 19.9 Å². The Morgan fingerprint density at radius 1 is 1.38 bits per heavy atom. The summed E-state index contributed by atoms with van der Waals surface area (Å²) in [6.45, 7) is 3.26. The van der Waals surface area contributed by atoms with Gasteiger partial charge in [0, 0.05) is 38.1 Å². The summed E-state index contributed by atoms with van der Waals surface area (Å²) in [6, 6.07) is 6.11. The average molecular weight is 282 g/mol. The summed E-state index contributed by atoms with van der Waals surface area (Å²) in [5, 5.41) is 11.9. The first kappa shape index (κ1) is 14.7. The molecule has 0 amide bonds. The Labute approximate surface area is 124 Å². The van der Waals surface area contributed by atoms with Gasteiger partial charge in [-0.25, -0.2) is 9.97 Å². The van der Waals surface area contributed by atoms with Gasteiger partial charge in [-0.15, -0.1) is 0 Å². The van der Waals surface area contributed by atoms with Crippen molar-refractivity contribution in [1.29, 1.82) is 5.26 Å². The summed E-state index contributed by atoms with van der Waals surface area (Å²) in [5.41, 5.74) is 2.06. The second kappa shape index (κ2) is 7.20. The van der Waals surface area contributed by atoms with E-state index >= 15 is 0 Å². The molecule has 2 aromatic heterocycles. The van der Waals surface area contributed by atoms with Crippen molar-refractivity contribution in [3.05, 3.63) is 42.0 Å². The fourth-order valence-electron chi connectivity index (χ4n) is 2.17. The summed E-state index contributed by atoms with van der Waals surface area (Å²) in [5.74, 6) is 1.64. The summed E-state index contributed by atoms with van der Waals surface area (Å²) < 4.78 is 0. The quantitative estimate of drug-likeness (QED) is 0.874. The Bertz CT molecular complexity index is 620. The van der Waals surface area contributed by atoms with E-state index in [1.54, 1.807) is 6.20 Å². The van der Waals surface area contributed by atoms with E-state index in [0.717, 1.165) is 22.8 Å². The molecule has 1 N–H and O–H groups in total. The van der Waals surface area contributed by atoms with E-state index in [-0.39, 0.29) is 0 Å². The highest BCUT2D eigenvalue weighted by atomic mass is 15.2. The number of rotatable bonds is 6. The van der Waals surface area contributed by atoms with Crippen molar-refractivity contribution in [1.82, 2.24) is 15.0 Å². The molecule has 108 valence electrons. The van der Waals surface area contributed by atoms with Gasteiger partial charge >= 0.3 is 0 Å². The van der Waals surface area contributed by atoms with Gasteiger partial charge in [0.1, 0.15) is 18.0 Å². The molecule has 2 heterocycles. The van der Waals surface area contributed by atoms with Crippen LogP contribution in [0.1, 0.15) is 17.5 Å². The third kappa shape index (κ3) is 3.66. The summed E-state index contributed by atoms with van der Waals surface area (Å²) >= 11 is 0. The zero-order valence-corrected chi connectivity index (χ0v) is 12.2. The van der Waals surface area contributed by atoms with Crippen molar-refractivity contribution in [2.24, 2.45) is 0 Å². The Kier molecular flexibility index (Phi) is 5.04. The molecule has 6 nitrogen and oxygen atoms in total. The molecular formula is C15H18N6. The fourth-order valence-corrected chi connectivity index (χ4v) is 2.17. The van der Waals surface area contributed by atoms with E-state index in [1.165, 1.54) is 6.33 Å². The SMILES string of the molecule is CNc1ncnc(N(CCC#N)Cc2cccnc2)c1C. The molecule has 0 aliphatic carbocycles.